The van der Waals surface area contributed by atoms with E-state index in [1.54, 1.807) is 0 Å². The number of rotatable bonds is 0. The van der Waals surface area contributed by atoms with Crippen molar-refractivity contribution < 1.29 is 58.1 Å². The summed E-state index contributed by atoms with van der Waals surface area (Å²) in [5, 5.41) is 0. The number of hydrogen-bond donors (Lipinski definition) is 12. The molecule has 24 nitrogen and oxygen atoms in total. The van der Waals surface area contributed by atoms with Gasteiger partial charge in [0.15, 0.2) is 0 Å². The molecule has 0 heterocycles. The third kappa shape index (κ3) is 3890. The summed E-state index contributed by atoms with van der Waals surface area (Å²) >= 11 is -30.3. The van der Waals surface area contributed by atoms with Crippen molar-refractivity contribution in [2.75, 3.05) is 0 Å². The van der Waals surface area contributed by atoms with Crippen LogP contribution in [0.15, 0.2) is 0 Å². The van der Waals surface area contributed by atoms with Crippen LogP contribution >= 0.6 is 53.8 Å². The Labute approximate surface area is 248 Å². The molecular formula is H24Cl6N6O18Te6. The molecule has 240 valence electrons. The molecule has 36 heteroatoms. The third-order valence-electron chi connectivity index (χ3n) is 0. The van der Waals surface area contributed by atoms with Gasteiger partial charge in [-0.15, -0.1) is 0 Å². The van der Waals surface area contributed by atoms with Crippen LogP contribution in [0.25, 0.3) is 0 Å². The molecule has 0 atom stereocenters. The molecule has 0 saturated carbocycles. The molecule has 0 amide bonds. The van der Waals surface area contributed by atoms with E-state index in [0.717, 1.165) is 0 Å². The first-order chi connectivity index (χ1) is 12.0. The summed E-state index contributed by atoms with van der Waals surface area (Å²) in [5.74, 6) is 0. The molecule has 0 bridgehead atoms. The van der Waals surface area contributed by atoms with Crippen LogP contribution in [0.1, 0.15) is 0 Å². The van der Waals surface area contributed by atoms with Crippen LogP contribution < -0.4 is 36.9 Å². The number of halogens is 6. The molecule has 0 aliphatic rings. The van der Waals surface area contributed by atoms with E-state index in [9.17, 15) is 0 Å². The van der Waals surface area contributed by atoms with Gasteiger partial charge in [-0.05, 0) is 0 Å². The molecule has 0 aromatic carbocycles. The van der Waals surface area contributed by atoms with Gasteiger partial charge in [-0.3, -0.25) is 0 Å². The summed E-state index contributed by atoms with van der Waals surface area (Å²) < 4.78 is 153. The quantitative estimate of drug-likeness (QED) is 0.117. The molecule has 0 aromatic heterocycles. The van der Waals surface area contributed by atoms with Crippen LogP contribution in [0.4, 0.5) is 0 Å². The van der Waals surface area contributed by atoms with Gasteiger partial charge in [0, 0.05) is 0 Å². The molecule has 0 aliphatic carbocycles. The molecule has 0 unspecified atom stereocenters. The molecule has 0 radical (unpaired) electrons. The average molecular weight is 1370 g/mol. The van der Waals surface area contributed by atoms with E-state index in [1.165, 1.54) is 0 Å². The molecule has 0 aromatic rings. The van der Waals surface area contributed by atoms with Gasteiger partial charge in [0.1, 0.15) is 0 Å². The van der Waals surface area contributed by atoms with Crippen molar-refractivity contribution in [3.8, 4) is 0 Å². The summed E-state index contributed by atoms with van der Waals surface area (Å²) in [4.78, 5) is 0. The second kappa shape index (κ2) is 34.8. The van der Waals surface area contributed by atoms with Crippen LogP contribution in [0.3, 0.4) is 0 Å². The molecule has 0 saturated heterocycles. The Kier molecular flexibility index (Phi) is 74.9. The standard InChI is InChI=1S/6ClHO3Te.6H3N/c6*1-5(2,3)4;;;;;;/h6*(H,2,3,4);6*1H3. The van der Waals surface area contributed by atoms with E-state index in [2.05, 4.69) is 53.8 Å². The van der Waals surface area contributed by atoms with E-state index in [0.29, 0.717) is 0 Å². The van der Waals surface area contributed by atoms with Crippen LogP contribution in [0.2, 0.25) is 0 Å². The first kappa shape index (κ1) is 77.5. The Balaban J connectivity index is -0.0000000186. The normalized spacial score (nSPS) is 9.67. The zero-order chi connectivity index (χ0) is 27.0. The third-order valence-corrected chi connectivity index (χ3v) is 0. The summed E-state index contributed by atoms with van der Waals surface area (Å²) in [6.07, 6.45) is 0. The van der Waals surface area contributed by atoms with Crippen LogP contribution in [0.5, 0.6) is 0 Å². The van der Waals surface area contributed by atoms with E-state index in [-0.39, 0.29) is 36.9 Å². The molecule has 0 spiro atoms. The first-order valence-electron chi connectivity index (χ1n) is 4.02. The minimum absolute atomic E-state index is 0. The molecule has 0 fully saturated rings. The van der Waals surface area contributed by atoms with E-state index in [1.807, 2.05) is 0 Å². The second-order valence-electron chi connectivity index (χ2n) is 2.47. The maximum atomic E-state index is 9.06. The van der Waals surface area contributed by atoms with Gasteiger partial charge < -0.3 is 36.9 Å². The van der Waals surface area contributed by atoms with E-state index < -0.39 is 105 Å². The van der Waals surface area contributed by atoms with Crippen molar-refractivity contribution in [3.05, 3.63) is 0 Å². The van der Waals surface area contributed by atoms with Gasteiger partial charge in [0.05, 0.1) is 0 Å². The molecule has 36 heavy (non-hydrogen) atoms. The molecule has 0 aliphatic heterocycles. The van der Waals surface area contributed by atoms with Gasteiger partial charge >= 0.3 is 217 Å². The van der Waals surface area contributed by atoms with Gasteiger partial charge in [-0.25, -0.2) is 0 Å². The monoisotopic (exact) mass is 1390 g/mol. The Morgan fingerprint density at radius 3 is 0.250 bits per heavy atom. The van der Waals surface area contributed by atoms with Gasteiger partial charge in [-0.2, -0.15) is 0 Å². The van der Waals surface area contributed by atoms with Crippen LogP contribution in [-0.4, -0.2) is 125 Å². The van der Waals surface area contributed by atoms with Gasteiger partial charge in [0.25, 0.3) is 0 Å². The summed E-state index contributed by atoms with van der Waals surface area (Å²) in [6, 6.07) is 0. The summed E-state index contributed by atoms with van der Waals surface area (Å²) in [7, 11) is 25.0. The van der Waals surface area contributed by atoms with Crippen molar-refractivity contribution in [2.45, 2.75) is 0 Å². The minimum atomic E-state index is -5.05. The molecule has 0 rings (SSSR count). The van der Waals surface area contributed by atoms with Crippen molar-refractivity contribution in [1.82, 2.24) is 36.9 Å². The topological polar surface area (TPSA) is 536 Å². The second-order valence-corrected chi connectivity index (χ2v) is 32.3. The average Bonchev–Trinajstić information content (AvgIpc) is 1.94. The predicted octanol–water partition coefficient (Wildman–Crippen LogP) is -1.94. The number of hydrogen-bond acceptors (Lipinski definition) is 18. The fourth-order valence-corrected chi connectivity index (χ4v) is 0. The fourth-order valence-electron chi connectivity index (χ4n) is 0. The predicted molar refractivity (Wildman–Crippen MR) is 121 cm³/mol. The fraction of sp³-hybridized carbons (Fsp3) is 0. The van der Waals surface area contributed by atoms with Crippen molar-refractivity contribution in [2.24, 2.45) is 0 Å². The molecular weight excluding hydrogens is 1350 g/mol. The molecule has 24 N–H and O–H groups in total. The van der Waals surface area contributed by atoms with E-state index in [4.69, 9.17) is 58.1 Å². The van der Waals surface area contributed by atoms with Gasteiger partial charge in [0.2, 0.25) is 0 Å². The van der Waals surface area contributed by atoms with Crippen molar-refractivity contribution in [3.63, 3.8) is 0 Å². The Hall–Kier alpha value is 3.60. The SMILES string of the molecule is N.N.N.N.N.N.O=[Te](=O)(O)Cl.O=[Te](=O)(O)Cl.O=[Te](=O)(O)Cl.O=[Te](=O)(O)Cl.O=[Te](=O)(O)Cl.O=[Te](=O)(O)Cl. The van der Waals surface area contributed by atoms with E-state index >= 15 is 0 Å². The van der Waals surface area contributed by atoms with Crippen LogP contribution in [0, 0.1) is 0 Å². The first-order valence-corrected chi connectivity index (χ1v) is 39.4. The Bertz CT molecular complexity index is 796. The van der Waals surface area contributed by atoms with Crippen molar-refractivity contribution >= 4 is 158 Å². The maximum absolute atomic E-state index is 9.06. The summed E-state index contributed by atoms with van der Waals surface area (Å²) in [6.45, 7) is 0. The van der Waals surface area contributed by atoms with Crippen LogP contribution in [-0.2, 0) is 37.3 Å². The summed E-state index contributed by atoms with van der Waals surface area (Å²) in [5.41, 5.74) is 0. The van der Waals surface area contributed by atoms with Gasteiger partial charge in [-0.1, -0.05) is 0 Å². The zero-order valence-electron chi connectivity index (χ0n) is 16.5. The van der Waals surface area contributed by atoms with Crippen molar-refractivity contribution in [1.29, 1.82) is 0 Å². The Morgan fingerprint density at radius 1 is 0.250 bits per heavy atom. The Morgan fingerprint density at radius 2 is 0.250 bits per heavy atom. The zero-order valence-corrected chi connectivity index (χ0v) is 35.1.